The predicted molar refractivity (Wildman–Crippen MR) is 76.3 cm³/mol. The van der Waals surface area contributed by atoms with Crippen LogP contribution in [0.25, 0.3) is 11.8 Å². The fourth-order valence-corrected chi connectivity index (χ4v) is 1.96. The number of methoxy groups -OCH3 is 1. The van der Waals surface area contributed by atoms with Gasteiger partial charge in [0.05, 0.1) is 7.11 Å². The lowest BCUT2D eigenvalue weighted by Crippen LogP contribution is -1.94. The van der Waals surface area contributed by atoms with Crippen LogP contribution in [0.3, 0.4) is 0 Å². The number of benzene rings is 1. The molecule has 0 aliphatic heterocycles. The summed E-state index contributed by atoms with van der Waals surface area (Å²) >= 11 is 0. The molecule has 20 heavy (non-hydrogen) atoms. The fourth-order valence-electron chi connectivity index (χ4n) is 1.96. The Morgan fingerprint density at radius 2 is 1.85 bits per heavy atom. The zero-order valence-corrected chi connectivity index (χ0v) is 11.3. The van der Waals surface area contributed by atoms with Crippen LogP contribution in [0.2, 0.25) is 0 Å². The van der Waals surface area contributed by atoms with Crippen molar-refractivity contribution in [3.63, 3.8) is 0 Å². The lowest BCUT2D eigenvalue weighted by atomic mass is 10.2. The third kappa shape index (κ3) is 2.71. The minimum absolute atomic E-state index is 0.0943. The van der Waals surface area contributed by atoms with Crippen molar-refractivity contribution in [1.82, 2.24) is 4.57 Å². The first kappa shape index (κ1) is 13.5. The second kappa shape index (κ2) is 5.77. The van der Waals surface area contributed by atoms with Crippen molar-refractivity contribution in [3.8, 4) is 23.6 Å². The van der Waals surface area contributed by atoms with Gasteiger partial charge in [0.2, 0.25) is 0 Å². The molecule has 1 aromatic heterocycles. The number of aromatic nitrogens is 1. The molecule has 0 amide bonds. The van der Waals surface area contributed by atoms with Gasteiger partial charge < -0.3 is 9.30 Å². The highest BCUT2D eigenvalue weighted by molar-refractivity contribution is 5.62. The summed E-state index contributed by atoms with van der Waals surface area (Å²) in [5.74, 6) is 0.801. The molecule has 0 bridgehead atoms. The van der Waals surface area contributed by atoms with Crippen LogP contribution in [0, 0.1) is 29.6 Å². The van der Waals surface area contributed by atoms with Crippen LogP contribution in [-0.4, -0.2) is 11.7 Å². The Balaban J connectivity index is 2.39. The quantitative estimate of drug-likeness (QED) is 0.799. The number of nitrogens with zero attached hydrogens (tertiary/aromatic N) is 3. The van der Waals surface area contributed by atoms with E-state index in [4.69, 9.17) is 15.3 Å². The monoisotopic (exact) mass is 263 g/mol. The van der Waals surface area contributed by atoms with E-state index in [2.05, 4.69) is 0 Å². The van der Waals surface area contributed by atoms with Crippen LogP contribution in [0.4, 0.5) is 0 Å². The average molecular weight is 263 g/mol. The first-order valence-electron chi connectivity index (χ1n) is 6.03. The molecule has 0 aliphatic carbocycles. The normalized spacial score (nSPS) is 9.40. The van der Waals surface area contributed by atoms with Gasteiger partial charge >= 0.3 is 0 Å². The summed E-state index contributed by atoms with van der Waals surface area (Å²) in [5, 5.41) is 17.6. The minimum Gasteiger partial charge on any atom is -0.497 e. The van der Waals surface area contributed by atoms with E-state index in [9.17, 15) is 0 Å². The highest BCUT2D eigenvalue weighted by Crippen LogP contribution is 2.20. The number of allylic oxidation sites excluding steroid dienone is 1. The Kier molecular flexibility index (Phi) is 3.88. The third-order valence-electron chi connectivity index (χ3n) is 2.94. The summed E-state index contributed by atoms with van der Waals surface area (Å²) in [5.41, 5.74) is 2.95. The molecular weight excluding hydrogens is 250 g/mol. The summed E-state index contributed by atoms with van der Waals surface area (Å²) in [6, 6.07) is 13.3. The van der Waals surface area contributed by atoms with Gasteiger partial charge in [0.25, 0.3) is 0 Å². The van der Waals surface area contributed by atoms with Crippen molar-refractivity contribution < 1.29 is 4.74 Å². The Labute approximate surface area is 117 Å². The van der Waals surface area contributed by atoms with Crippen molar-refractivity contribution in [2.45, 2.75) is 6.92 Å². The van der Waals surface area contributed by atoms with E-state index in [0.717, 1.165) is 22.7 Å². The number of rotatable bonds is 3. The molecule has 1 aromatic carbocycles. The number of ether oxygens (including phenoxy) is 1. The smallest absolute Gasteiger partial charge is 0.130 e. The topological polar surface area (TPSA) is 61.7 Å². The van der Waals surface area contributed by atoms with Crippen molar-refractivity contribution in [2.75, 3.05) is 7.11 Å². The first-order valence-corrected chi connectivity index (χ1v) is 6.03. The van der Waals surface area contributed by atoms with Gasteiger partial charge in [-0.05, 0) is 48.9 Å². The van der Waals surface area contributed by atoms with E-state index in [-0.39, 0.29) is 5.57 Å². The van der Waals surface area contributed by atoms with Crippen LogP contribution in [0.1, 0.15) is 11.3 Å². The Morgan fingerprint density at radius 1 is 1.20 bits per heavy atom. The fraction of sp³-hybridized carbons (Fsp3) is 0.125. The maximum Gasteiger partial charge on any atom is 0.130 e. The summed E-state index contributed by atoms with van der Waals surface area (Å²) in [6.45, 7) is 1.97. The average Bonchev–Trinajstić information content (AvgIpc) is 2.85. The van der Waals surface area contributed by atoms with Gasteiger partial charge in [0, 0.05) is 17.6 Å². The van der Waals surface area contributed by atoms with Gasteiger partial charge in [0.15, 0.2) is 0 Å². The molecule has 1 heterocycles. The van der Waals surface area contributed by atoms with Crippen molar-refractivity contribution in [1.29, 1.82) is 10.5 Å². The zero-order chi connectivity index (χ0) is 14.5. The van der Waals surface area contributed by atoms with E-state index >= 15 is 0 Å². The molecule has 2 aromatic rings. The van der Waals surface area contributed by atoms with Crippen LogP contribution in [-0.2, 0) is 0 Å². The maximum absolute atomic E-state index is 8.78. The molecule has 4 nitrogen and oxygen atoms in total. The summed E-state index contributed by atoms with van der Waals surface area (Å²) in [6.07, 6.45) is 3.47. The summed E-state index contributed by atoms with van der Waals surface area (Å²) in [7, 11) is 1.63. The number of hydrogen-bond donors (Lipinski definition) is 0. The molecule has 0 N–H and O–H groups in total. The van der Waals surface area contributed by atoms with Crippen molar-refractivity contribution in [3.05, 3.63) is 53.4 Å². The lowest BCUT2D eigenvalue weighted by Gasteiger charge is -2.06. The van der Waals surface area contributed by atoms with Gasteiger partial charge in [-0.15, -0.1) is 0 Å². The third-order valence-corrected chi connectivity index (χ3v) is 2.94. The number of aryl methyl sites for hydroxylation is 1. The van der Waals surface area contributed by atoms with Gasteiger partial charge in [-0.2, -0.15) is 10.5 Å². The second-order valence-corrected chi connectivity index (χ2v) is 4.26. The molecule has 0 spiro atoms. The summed E-state index contributed by atoms with van der Waals surface area (Å²) in [4.78, 5) is 0. The predicted octanol–water partition coefficient (Wildman–Crippen LogP) is 3.22. The van der Waals surface area contributed by atoms with E-state index in [0.29, 0.717) is 0 Å². The highest BCUT2D eigenvalue weighted by Gasteiger charge is 2.04. The molecule has 4 heteroatoms. The van der Waals surface area contributed by atoms with Gasteiger partial charge in [0.1, 0.15) is 23.5 Å². The van der Waals surface area contributed by atoms with Gasteiger partial charge in [-0.1, -0.05) is 0 Å². The molecule has 0 saturated heterocycles. The van der Waals surface area contributed by atoms with Gasteiger partial charge in [-0.25, -0.2) is 0 Å². The Hall–Kier alpha value is -2.98. The second-order valence-electron chi connectivity index (χ2n) is 4.26. The number of nitriles is 2. The van der Waals surface area contributed by atoms with Crippen molar-refractivity contribution in [2.24, 2.45) is 0 Å². The molecule has 0 saturated carbocycles. The maximum atomic E-state index is 8.78. The SMILES string of the molecule is COc1ccc(-n2cc(C=C(C#N)C#N)cc2C)cc1. The van der Waals surface area contributed by atoms with Crippen LogP contribution < -0.4 is 4.74 Å². The van der Waals surface area contributed by atoms with E-state index in [1.54, 1.807) is 13.2 Å². The molecule has 2 rings (SSSR count). The summed E-state index contributed by atoms with van der Waals surface area (Å²) < 4.78 is 7.13. The van der Waals surface area contributed by atoms with Crippen LogP contribution in [0.5, 0.6) is 5.75 Å². The molecule has 0 fully saturated rings. The number of hydrogen-bond acceptors (Lipinski definition) is 3. The molecular formula is C16H13N3O. The van der Waals surface area contributed by atoms with E-state index in [1.165, 1.54) is 0 Å². The van der Waals surface area contributed by atoms with Gasteiger partial charge in [-0.3, -0.25) is 0 Å². The Morgan fingerprint density at radius 3 is 2.40 bits per heavy atom. The standard InChI is InChI=1S/C16H13N3O/c1-12-7-13(8-14(9-17)10-18)11-19(12)15-3-5-16(20-2)6-4-15/h3-8,11H,1-2H3. The molecule has 98 valence electrons. The molecule has 0 radical (unpaired) electrons. The lowest BCUT2D eigenvalue weighted by molar-refractivity contribution is 0.414. The van der Waals surface area contributed by atoms with Crippen molar-refractivity contribution >= 4 is 6.08 Å². The molecule has 0 atom stereocenters. The van der Waals surface area contributed by atoms with Crippen LogP contribution >= 0.6 is 0 Å². The Bertz CT molecular complexity index is 709. The highest BCUT2D eigenvalue weighted by atomic mass is 16.5. The molecule has 0 unspecified atom stereocenters. The zero-order valence-electron chi connectivity index (χ0n) is 11.3. The molecule has 0 aliphatic rings. The largest absolute Gasteiger partial charge is 0.497 e. The van der Waals surface area contributed by atoms with Crippen LogP contribution in [0.15, 0.2) is 42.1 Å². The first-order chi connectivity index (χ1) is 9.67. The van der Waals surface area contributed by atoms with E-state index < -0.39 is 0 Å². The minimum atomic E-state index is 0.0943. The van der Waals surface area contributed by atoms with E-state index in [1.807, 2.05) is 60.2 Å².